The van der Waals surface area contributed by atoms with E-state index in [2.05, 4.69) is 26.0 Å². The van der Waals surface area contributed by atoms with Crippen molar-refractivity contribution < 1.29 is 27.5 Å². The Kier molecular flexibility index (Phi) is 5.75. The van der Waals surface area contributed by atoms with Gasteiger partial charge < -0.3 is 19.2 Å². The topological polar surface area (TPSA) is 60.7 Å². The number of carbonyl (C=O) groups excluding carboxylic acids is 1. The molecule has 1 amide bonds. The van der Waals surface area contributed by atoms with Crippen LogP contribution in [0.1, 0.15) is 5.76 Å². The summed E-state index contributed by atoms with van der Waals surface area (Å²) in [4.78, 5) is 11.8. The van der Waals surface area contributed by atoms with Crippen LogP contribution in [0.3, 0.4) is 0 Å². The summed E-state index contributed by atoms with van der Waals surface area (Å²) in [5.41, 5.74) is 0.289. The number of amides is 1. The van der Waals surface area contributed by atoms with E-state index in [9.17, 15) is 13.6 Å². The van der Waals surface area contributed by atoms with Crippen LogP contribution in [0.5, 0.6) is 11.5 Å². The van der Waals surface area contributed by atoms with Crippen LogP contribution in [0.15, 0.2) is 45.5 Å². The number of furan rings is 1. The van der Waals surface area contributed by atoms with Crippen molar-refractivity contribution in [1.82, 2.24) is 0 Å². The highest BCUT2D eigenvalue weighted by Crippen LogP contribution is 2.31. The van der Waals surface area contributed by atoms with Crippen LogP contribution >= 0.6 is 15.9 Å². The third-order valence-electron chi connectivity index (χ3n) is 2.64. The summed E-state index contributed by atoms with van der Waals surface area (Å²) >= 11 is 3.15. The molecule has 0 saturated heterocycles. The number of halogens is 3. The largest absolute Gasteiger partial charge is 0.493 e. The smallest absolute Gasteiger partial charge is 0.387 e. The number of rotatable bonds is 6. The van der Waals surface area contributed by atoms with E-state index >= 15 is 0 Å². The lowest BCUT2D eigenvalue weighted by Crippen LogP contribution is -2.09. The normalized spacial score (nSPS) is 11.0. The van der Waals surface area contributed by atoms with Gasteiger partial charge in [-0.3, -0.25) is 4.79 Å². The predicted molar refractivity (Wildman–Crippen MR) is 83.7 cm³/mol. The second-order valence-corrected chi connectivity index (χ2v) is 4.99. The highest BCUT2D eigenvalue weighted by molar-refractivity contribution is 9.10. The molecule has 0 saturated carbocycles. The zero-order valence-corrected chi connectivity index (χ0v) is 13.5. The summed E-state index contributed by atoms with van der Waals surface area (Å²) in [5, 5.41) is 2.52. The van der Waals surface area contributed by atoms with Crippen molar-refractivity contribution in [3.63, 3.8) is 0 Å². The number of benzene rings is 1. The van der Waals surface area contributed by atoms with E-state index < -0.39 is 12.5 Å². The van der Waals surface area contributed by atoms with E-state index in [-0.39, 0.29) is 17.2 Å². The van der Waals surface area contributed by atoms with Crippen LogP contribution in [0.2, 0.25) is 0 Å². The van der Waals surface area contributed by atoms with Gasteiger partial charge in [0, 0.05) is 17.8 Å². The third-order valence-corrected chi connectivity index (χ3v) is 3.07. The Hall–Kier alpha value is -2.35. The molecular weight excluding hydrogens is 376 g/mol. The number of carbonyl (C=O) groups is 1. The second-order valence-electron chi connectivity index (χ2n) is 4.21. The summed E-state index contributed by atoms with van der Waals surface area (Å²) in [6.07, 6.45) is 2.73. The highest BCUT2D eigenvalue weighted by atomic mass is 79.9. The summed E-state index contributed by atoms with van der Waals surface area (Å²) in [6, 6.07) is 7.54. The molecule has 0 fully saturated rings. The van der Waals surface area contributed by atoms with Crippen molar-refractivity contribution in [1.29, 1.82) is 0 Å². The molecule has 1 N–H and O–H groups in total. The van der Waals surface area contributed by atoms with Crippen LogP contribution < -0.4 is 14.8 Å². The molecule has 1 heterocycles. The molecule has 0 aliphatic heterocycles. The van der Waals surface area contributed by atoms with Crippen LogP contribution in [0, 0.1) is 0 Å². The molecular formula is C15H12BrF2NO4. The maximum atomic E-state index is 12.4. The number of methoxy groups -OCH3 is 1. The first-order valence-corrected chi connectivity index (χ1v) is 7.14. The number of hydrogen-bond acceptors (Lipinski definition) is 4. The van der Waals surface area contributed by atoms with Crippen LogP contribution in [-0.4, -0.2) is 19.6 Å². The van der Waals surface area contributed by atoms with Gasteiger partial charge in [0.25, 0.3) is 0 Å². The van der Waals surface area contributed by atoms with Crippen molar-refractivity contribution in [3.8, 4) is 11.5 Å². The monoisotopic (exact) mass is 387 g/mol. The Balaban J connectivity index is 2.06. The first-order valence-electron chi connectivity index (χ1n) is 6.35. The zero-order valence-electron chi connectivity index (χ0n) is 11.9. The molecule has 0 atom stereocenters. The Morgan fingerprint density at radius 2 is 2.09 bits per heavy atom. The van der Waals surface area contributed by atoms with Crippen molar-refractivity contribution in [2.45, 2.75) is 6.61 Å². The van der Waals surface area contributed by atoms with Crippen molar-refractivity contribution in [2.75, 3.05) is 12.4 Å². The zero-order chi connectivity index (χ0) is 16.8. The molecule has 23 heavy (non-hydrogen) atoms. The molecule has 8 heteroatoms. The Morgan fingerprint density at radius 3 is 2.70 bits per heavy atom. The fourth-order valence-electron chi connectivity index (χ4n) is 1.70. The molecule has 0 spiro atoms. The number of anilines is 1. The van der Waals surface area contributed by atoms with Gasteiger partial charge in [0.1, 0.15) is 5.76 Å². The van der Waals surface area contributed by atoms with Gasteiger partial charge in [0.15, 0.2) is 16.2 Å². The standard InChI is InChI=1S/C15H12BrF2NO4/c1-21-11-5-2-9(8-12(11)23-15(17)18)19-14(20)7-4-10-3-6-13(16)22-10/h2-8,15H,1H3,(H,19,20)/b7-4+. The average Bonchev–Trinajstić information content (AvgIpc) is 2.90. The molecule has 2 rings (SSSR count). The molecule has 0 aliphatic carbocycles. The lowest BCUT2D eigenvalue weighted by molar-refractivity contribution is -0.111. The fourth-order valence-corrected chi connectivity index (χ4v) is 2.02. The van der Waals surface area contributed by atoms with Gasteiger partial charge in [-0.2, -0.15) is 8.78 Å². The van der Waals surface area contributed by atoms with E-state index in [1.54, 1.807) is 12.1 Å². The lowest BCUT2D eigenvalue weighted by Gasteiger charge is -2.11. The van der Waals surface area contributed by atoms with Gasteiger partial charge >= 0.3 is 6.61 Å². The first kappa shape index (κ1) is 17.0. The number of alkyl halides is 2. The second kappa shape index (κ2) is 7.77. The van der Waals surface area contributed by atoms with Gasteiger partial charge in [-0.1, -0.05) is 0 Å². The minimum Gasteiger partial charge on any atom is -0.493 e. The minimum absolute atomic E-state index is 0.138. The van der Waals surface area contributed by atoms with Gasteiger partial charge in [-0.15, -0.1) is 0 Å². The van der Waals surface area contributed by atoms with E-state index in [0.29, 0.717) is 10.4 Å². The first-order chi connectivity index (χ1) is 11.0. The SMILES string of the molecule is COc1ccc(NC(=O)/C=C/c2ccc(Br)o2)cc1OC(F)F. The minimum atomic E-state index is -2.99. The van der Waals surface area contributed by atoms with Gasteiger partial charge in [-0.05, 0) is 46.3 Å². The molecule has 0 radical (unpaired) electrons. The Morgan fingerprint density at radius 1 is 1.30 bits per heavy atom. The molecule has 2 aromatic rings. The molecule has 0 bridgehead atoms. The third kappa shape index (κ3) is 5.10. The van der Waals surface area contributed by atoms with Gasteiger partial charge in [0.2, 0.25) is 5.91 Å². The van der Waals surface area contributed by atoms with E-state index in [1.165, 1.54) is 37.5 Å². The van der Waals surface area contributed by atoms with Crippen molar-refractivity contribution >= 4 is 33.6 Å². The van der Waals surface area contributed by atoms with Crippen LogP contribution in [0.25, 0.3) is 6.08 Å². The maximum absolute atomic E-state index is 12.4. The summed E-state index contributed by atoms with van der Waals surface area (Å²) < 4.78 is 39.7. The van der Waals surface area contributed by atoms with Crippen LogP contribution in [-0.2, 0) is 4.79 Å². The summed E-state index contributed by atoms with van der Waals surface area (Å²) in [5.74, 6) is 0.00712. The maximum Gasteiger partial charge on any atom is 0.387 e. The predicted octanol–water partition coefficient (Wildman–Crippen LogP) is 4.30. The number of nitrogens with one attached hydrogen (secondary N) is 1. The van der Waals surface area contributed by atoms with Crippen LogP contribution in [0.4, 0.5) is 14.5 Å². The molecule has 0 unspecified atom stereocenters. The quantitative estimate of drug-likeness (QED) is 0.750. The number of ether oxygens (including phenoxy) is 2. The fraction of sp³-hybridized carbons (Fsp3) is 0.133. The van der Waals surface area contributed by atoms with E-state index in [4.69, 9.17) is 9.15 Å². The summed E-state index contributed by atoms with van der Waals surface area (Å²) in [7, 11) is 1.33. The average molecular weight is 388 g/mol. The van der Waals surface area contributed by atoms with Gasteiger partial charge in [0.05, 0.1) is 7.11 Å². The summed E-state index contributed by atoms with van der Waals surface area (Å²) in [6.45, 7) is -2.99. The van der Waals surface area contributed by atoms with Crippen molar-refractivity contribution in [2.24, 2.45) is 0 Å². The lowest BCUT2D eigenvalue weighted by atomic mass is 10.2. The Labute approximate surface area is 139 Å². The highest BCUT2D eigenvalue weighted by Gasteiger charge is 2.12. The number of hydrogen-bond donors (Lipinski definition) is 1. The molecule has 1 aromatic heterocycles. The molecule has 1 aromatic carbocycles. The van der Waals surface area contributed by atoms with Crippen molar-refractivity contribution in [3.05, 3.63) is 46.8 Å². The molecule has 5 nitrogen and oxygen atoms in total. The Bertz CT molecular complexity index is 715. The molecule has 0 aliphatic rings. The molecule has 122 valence electrons. The van der Waals surface area contributed by atoms with Gasteiger partial charge in [-0.25, -0.2) is 0 Å². The van der Waals surface area contributed by atoms with E-state index in [0.717, 1.165) is 0 Å². The van der Waals surface area contributed by atoms with E-state index in [1.807, 2.05) is 0 Å².